The van der Waals surface area contributed by atoms with Gasteiger partial charge in [0.15, 0.2) is 9.84 Å². The van der Waals surface area contributed by atoms with Gasteiger partial charge in [-0.05, 0) is 30.2 Å². The van der Waals surface area contributed by atoms with E-state index in [1.54, 1.807) is 12.1 Å². The molecule has 2 aromatic carbocycles. The highest BCUT2D eigenvalue weighted by Gasteiger charge is 2.16. The second-order valence-electron chi connectivity index (χ2n) is 7.25. The number of aliphatic hydroxyl groups is 1. The second kappa shape index (κ2) is 7.79. The molecule has 8 heteroatoms. The van der Waals surface area contributed by atoms with Crippen molar-refractivity contribution >= 4 is 31.4 Å². The lowest BCUT2D eigenvalue weighted by Crippen LogP contribution is -2.23. The first-order valence-electron chi connectivity index (χ1n) is 9.26. The maximum atomic E-state index is 13.1. The van der Waals surface area contributed by atoms with Gasteiger partial charge in [-0.2, -0.15) is 0 Å². The van der Waals surface area contributed by atoms with Crippen molar-refractivity contribution in [2.24, 2.45) is 0 Å². The summed E-state index contributed by atoms with van der Waals surface area (Å²) in [5, 5.41) is 13.1. The van der Waals surface area contributed by atoms with Gasteiger partial charge >= 0.3 is 0 Å². The molecule has 0 bridgehead atoms. The molecule has 1 unspecified atom stereocenters. The van der Waals surface area contributed by atoms with Crippen LogP contribution in [0.3, 0.4) is 0 Å². The number of thiophene rings is 1. The molecule has 0 saturated heterocycles. The summed E-state index contributed by atoms with van der Waals surface area (Å²) in [6, 6.07) is 14.0. The summed E-state index contributed by atoms with van der Waals surface area (Å²) in [6.07, 6.45) is 1.59. The zero-order chi connectivity index (χ0) is 21.5. The van der Waals surface area contributed by atoms with Crippen LogP contribution < -0.4 is 5.56 Å². The van der Waals surface area contributed by atoms with E-state index < -0.39 is 15.9 Å². The monoisotopic (exact) mass is 440 g/mol. The summed E-state index contributed by atoms with van der Waals surface area (Å²) in [5.41, 5.74) is 3.22. The van der Waals surface area contributed by atoms with Gasteiger partial charge in [-0.3, -0.25) is 9.36 Å². The van der Waals surface area contributed by atoms with Gasteiger partial charge in [-0.15, -0.1) is 11.3 Å². The number of aliphatic hydroxyl groups excluding tert-OH is 1. The summed E-state index contributed by atoms with van der Waals surface area (Å²) in [5.74, 6) is 0. The van der Waals surface area contributed by atoms with Crippen LogP contribution in [0.25, 0.3) is 21.3 Å². The van der Waals surface area contributed by atoms with Gasteiger partial charge in [0.25, 0.3) is 5.56 Å². The topological polar surface area (TPSA) is 89.3 Å². The summed E-state index contributed by atoms with van der Waals surface area (Å²) >= 11 is 1.41. The number of hydrogen-bond donors (Lipinski definition) is 1. The van der Waals surface area contributed by atoms with Crippen molar-refractivity contribution in [3.05, 3.63) is 81.7 Å². The standard InChI is InChI=1S/C22H20N2O4S2/c1-14-3-5-15(6-4-14)18-12-29-21-20(18)22(26)24(13-23-21)11-19(25)16-7-9-17(10-8-16)30(2,27)28/h3-10,12-13,19,25H,11H2,1-2H3. The van der Waals surface area contributed by atoms with Gasteiger partial charge in [-0.25, -0.2) is 13.4 Å². The van der Waals surface area contributed by atoms with Gasteiger partial charge in [-0.1, -0.05) is 42.0 Å². The number of aromatic nitrogens is 2. The number of benzene rings is 2. The van der Waals surface area contributed by atoms with Gasteiger partial charge < -0.3 is 5.11 Å². The minimum atomic E-state index is -3.31. The summed E-state index contributed by atoms with van der Waals surface area (Å²) in [4.78, 5) is 18.4. The average molecular weight is 441 g/mol. The van der Waals surface area contributed by atoms with Crippen molar-refractivity contribution in [2.75, 3.05) is 6.26 Å². The first kappa shape index (κ1) is 20.5. The fraction of sp³-hybridized carbons (Fsp3) is 0.182. The Bertz CT molecular complexity index is 1370. The van der Waals surface area contributed by atoms with Crippen LogP contribution in [-0.4, -0.2) is 29.3 Å². The molecule has 0 radical (unpaired) electrons. The highest BCUT2D eigenvalue weighted by molar-refractivity contribution is 7.90. The summed E-state index contributed by atoms with van der Waals surface area (Å²) in [6.45, 7) is 2.02. The first-order chi connectivity index (χ1) is 14.2. The van der Waals surface area contributed by atoms with Gasteiger partial charge in [0.2, 0.25) is 0 Å². The predicted octanol–water partition coefficient (Wildman–Crippen LogP) is 3.57. The third kappa shape index (κ3) is 3.94. The Morgan fingerprint density at radius 3 is 2.40 bits per heavy atom. The van der Waals surface area contributed by atoms with Crippen LogP contribution in [0.1, 0.15) is 17.2 Å². The van der Waals surface area contributed by atoms with Gasteiger partial charge in [0.05, 0.1) is 29.3 Å². The number of sulfone groups is 1. The number of aryl methyl sites for hydroxylation is 1. The Balaban J connectivity index is 1.68. The molecule has 1 N–H and O–H groups in total. The van der Waals surface area contributed by atoms with E-state index in [0.717, 1.165) is 22.9 Å². The molecule has 0 spiro atoms. The maximum absolute atomic E-state index is 13.1. The molecule has 2 aromatic heterocycles. The Morgan fingerprint density at radius 2 is 1.77 bits per heavy atom. The van der Waals surface area contributed by atoms with Crippen LogP contribution in [0.5, 0.6) is 0 Å². The Kier molecular flexibility index (Phi) is 5.31. The third-order valence-electron chi connectivity index (χ3n) is 4.99. The summed E-state index contributed by atoms with van der Waals surface area (Å²) in [7, 11) is -3.31. The van der Waals surface area contributed by atoms with Crippen molar-refractivity contribution in [2.45, 2.75) is 24.5 Å². The van der Waals surface area contributed by atoms with E-state index in [4.69, 9.17) is 0 Å². The van der Waals surface area contributed by atoms with Crippen LogP contribution in [0, 0.1) is 6.92 Å². The lowest BCUT2D eigenvalue weighted by atomic mass is 10.0. The smallest absolute Gasteiger partial charge is 0.262 e. The van der Waals surface area contributed by atoms with Crippen LogP contribution >= 0.6 is 11.3 Å². The highest BCUT2D eigenvalue weighted by Crippen LogP contribution is 2.31. The minimum absolute atomic E-state index is 0.0170. The Hall–Kier alpha value is -2.81. The number of nitrogens with zero attached hydrogens (tertiary/aromatic N) is 2. The van der Waals surface area contributed by atoms with Crippen LogP contribution in [0.15, 0.2) is 69.9 Å². The van der Waals surface area contributed by atoms with E-state index >= 15 is 0 Å². The molecular weight excluding hydrogens is 420 g/mol. The van der Waals surface area contributed by atoms with E-state index in [-0.39, 0.29) is 17.0 Å². The van der Waals surface area contributed by atoms with Crippen LogP contribution in [-0.2, 0) is 16.4 Å². The van der Waals surface area contributed by atoms with Gasteiger partial charge in [0.1, 0.15) is 4.83 Å². The molecule has 6 nitrogen and oxygen atoms in total. The molecule has 4 aromatic rings. The molecule has 0 aliphatic rings. The SMILES string of the molecule is Cc1ccc(-c2csc3ncn(CC(O)c4ccc(S(C)(=O)=O)cc4)c(=O)c23)cc1. The Labute approximate surface area is 178 Å². The lowest BCUT2D eigenvalue weighted by molar-refractivity contribution is 0.155. The van der Waals surface area contributed by atoms with Crippen molar-refractivity contribution in [3.63, 3.8) is 0 Å². The molecule has 0 amide bonds. The zero-order valence-corrected chi connectivity index (χ0v) is 18.1. The molecule has 2 heterocycles. The van der Waals surface area contributed by atoms with E-state index in [0.29, 0.717) is 15.8 Å². The van der Waals surface area contributed by atoms with Crippen molar-refractivity contribution in [3.8, 4) is 11.1 Å². The van der Waals surface area contributed by atoms with Crippen LogP contribution in [0.4, 0.5) is 0 Å². The number of rotatable bonds is 5. The molecule has 0 aliphatic heterocycles. The van der Waals surface area contributed by atoms with Crippen molar-refractivity contribution in [1.29, 1.82) is 0 Å². The summed E-state index contributed by atoms with van der Waals surface area (Å²) < 4.78 is 24.6. The van der Waals surface area contributed by atoms with Crippen molar-refractivity contribution < 1.29 is 13.5 Å². The molecular formula is C22H20N2O4S2. The molecule has 0 fully saturated rings. The zero-order valence-electron chi connectivity index (χ0n) is 16.4. The molecule has 154 valence electrons. The third-order valence-corrected chi connectivity index (χ3v) is 7.00. The molecule has 1 atom stereocenters. The molecule has 30 heavy (non-hydrogen) atoms. The minimum Gasteiger partial charge on any atom is -0.387 e. The quantitative estimate of drug-likeness (QED) is 0.512. The number of fused-ring (bicyclic) bond motifs is 1. The van der Waals surface area contributed by atoms with E-state index in [1.807, 2.05) is 36.6 Å². The maximum Gasteiger partial charge on any atom is 0.262 e. The number of hydrogen-bond acceptors (Lipinski definition) is 6. The fourth-order valence-corrected chi connectivity index (χ4v) is 4.81. The van der Waals surface area contributed by atoms with E-state index in [9.17, 15) is 18.3 Å². The fourth-order valence-electron chi connectivity index (χ4n) is 3.27. The van der Waals surface area contributed by atoms with Gasteiger partial charge in [0, 0.05) is 17.2 Å². The second-order valence-corrected chi connectivity index (χ2v) is 10.1. The largest absolute Gasteiger partial charge is 0.387 e. The normalized spacial score (nSPS) is 12.9. The average Bonchev–Trinajstić information content (AvgIpc) is 3.15. The first-order valence-corrected chi connectivity index (χ1v) is 12.0. The molecule has 0 saturated carbocycles. The molecule has 4 rings (SSSR count). The van der Waals surface area contributed by atoms with Crippen molar-refractivity contribution in [1.82, 2.24) is 9.55 Å². The van der Waals surface area contributed by atoms with Crippen LogP contribution in [0.2, 0.25) is 0 Å². The Morgan fingerprint density at radius 1 is 1.10 bits per heavy atom. The highest BCUT2D eigenvalue weighted by atomic mass is 32.2. The van der Waals surface area contributed by atoms with E-state index in [1.165, 1.54) is 34.4 Å². The van der Waals surface area contributed by atoms with E-state index in [2.05, 4.69) is 4.98 Å². The molecule has 0 aliphatic carbocycles. The lowest BCUT2D eigenvalue weighted by Gasteiger charge is -2.13. The predicted molar refractivity (Wildman–Crippen MR) is 119 cm³/mol.